The van der Waals surface area contributed by atoms with Gasteiger partial charge in [0, 0.05) is 19.6 Å². The number of nitrogens with one attached hydrogen (secondary N) is 1. The van der Waals surface area contributed by atoms with E-state index in [1.54, 1.807) is 4.90 Å². The van der Waals surface area contributed by atoms with Crippen LogP contribution in [0.15, 0.2) is 0 Å². The van der Waals surface area contributed by atoms with Gasteiger partial charge in [0.2, 0.25) is 0 Å². The van der Waals surface area contributed by atoms with Gasteiger partial charge in [-0.1, -0.05) is 18.3 Å². The summed E-state index contributed by atoms with van der Waals surface area (Å²) in [4.78, 5) is 18.5. The number of aromatic nitrogens is 1. The van der Waals surface area contributed by atoms with E-state index in [2.05, 4.69) is 17.2 Å². The molecule has 1 heterocycles. The molecule has 17 heavy (non-hydrogen) atoms. The Morgan fingerprint density at radius 1 is 1.41 bits per heavy atom. The number of carbonyl (C=O) groups excluding carboxylic acids is 1. The Morgan fingerprint density at radius 3 is 2.59 bits per heavy atom. The van der Waals surface area contributed by atoms with Gasteiger partial charge in [-0.3, -0.25) is 4.79 Å². The van der Waals surface area contributed by atoms with Gasteiger partial charge < -0.3 is 16.0 Å². The number of carbonyl (C=O) groups is 1. The van der Waals surface area contributed by atoms with E-state index in [1.807, 2.05) is 13.8 Å². The standard InChI is InChI=1S/C11H20N4OS/c1-4-7-13-11-14-9(12)8(17-11)10(16)15(5-2)6-3/h4-7,12H2,1-3H3,(H,13,14). The maximum Gasteiger partial charge on any atom is 0.267 e. The van der Waals surface area contributed by atoms with Crippen molar-refractivity contribution in [2.24, 2.45) is 0 Å². The fraction of sp³-hybridized carbons (Fsp3) is 0.636. The van der Waals surface area contributed by atoms with E-state index in [4.69, 9.17) is 5.73 Å². The highest BCUT2D eigenvalue weighted by atomic mass is 32.1. The summed E-state index contributed by atoms with van der Waals surface area (Å²) in [5.74, 6) is 0.292. The molecular weight excluding hydrogens is 236 g/mol. The van der Waals surface area contributed by atoms with Crippen LogP contribution in [0, 0.1) is 0 Å². The number of thiazole rings is 1. The molecule has 1 rings (SSSR count). The number of nitrogens with two attached hydrogens (primary N) is 1. The van der Waals surface area contributed by atoms with Crippen molar-refractivity contribution in [3.8, 4) is 0 Å². The fourth-order valence-corrected chi connectivity index (χ4v) is 2.33. The van der Waals surface area contributed by atoms with Crippen molar-refractivity contribution < 1.29 is 4.79 Å². The van der Waals surface area contributed by atoms with E-state index in [0.717, 1.165) is 18.1 Å². The number of nitrogen functional groups attached to an aromatic ring is 1. The Morgan fingerprint density at radius 2 is 2.06 bits per heavy atom. The average molecular weight is 256 g/mol. The van der Waals surface area contributed by atoms with E-state index in [0.29, 0.717) is 23.8 Å². The van der Waals surface area contributed by atoms with Crippen LogP contribution in [0.1, 0.15) is 36.9 Å². The highest BCUT2D eigenvalue weighted by Gasteiger charge is 2.19. The number of anilines is 2. The molecule has 0 aliphatic rings. The second-order valence-corrected chi connectivity index (χ2v) is 4.64. The van der Waals surface area contributed by atoms with Crippen LogP contribution in [0.2, 0.25) is 0 Å². The van der Waals surface area contributed by atoms with Crippen molar-refractivity contribution in [3.05, 3.63) is 4.88 Å². The molecule has 1 aromatic rings. The molecule has 0 unspecified atom stereocenters. The van der Waals surface area contributed by atoms with Gasteiger partial charge in [0.15, 0.2) is 5.13 Å². The Bertz CT molecular complexity index is 374. The lowest BCUT2D eigenvalue weighted by Crippen LogP contribution is -2.30. The molecule has 0 aromatic carbocycles. The predicted octanol–water partition coefficient (Wildman–Crippen LogP) is 2.03. The summed E-state index contributed by atoms with van der Waals surface area (Å²) in [6.45, 7) is 8.19. The van der Waals surface area contributed by atoms with Crippen LogP contribution in [0.25, 0.3) is 0 Å². The molecule has 6 heteroatoms. The lowest BCUT2D eigenvalue weighted by atomic mass is 10.4. The van der Waals surface area contributed by atoms with E-state index in [1.165, 1.54) is 11.3 Å². The van der Waals surface area contributed by atoms with Gasteiger partial charge in [-0.15, -0.1) is 0 Å². The molecule has 0 spiro atoms. The van der Waals surface area contributed by atoms with E-state index >= 15 is 0 Å². The Labute approximate surface area is 106 Å². The molecule has 3 N–H and O–H groups in total. The van der Waals surface area contributed by atoms with Crippen molar-refractivity contribution >= 4 is 28.2 Å². The second kappa shape index (κ2) is 6.44. The topological polar surface area (TPSA) is 71.2 Å². The molecule has 0 aliphatic carbocycles. The summed E-state index contributed by atoms with van der Waals surface area (Å²) < 4.78 is 0. The van der Waals surface area contributed by atoms with Crippen molar-refractivity contribution in [2.45, 2.75) is 27.2 Å². The molecule has 0 radical (unpaired) electrons. The summed E-state index contributed by atoms with van der Waals surface area (Å²) in [7, 11) is 0. The first-order chi connectivity index (χ1) is 8.13. The average Bonchev–Trinajstić information content (AvgIpc) is 2.69. The fourth-order valence-electron chi connectivity index (χ4n) is 1.45. The molecule has 0 aliphatic heterocycles. The number of hydrogen-bond donors (Lipinski definition) is 2. The van der Waals surface area contributed by atoms with Crippen molar-refractivity contribution in [3.63, 3.8) is 0 Å². The van der Waals surface area contributed by atoms with Gasteiger partial charge in [-0.2, -0.15) is 0 Å². The van der Waals surface area contributed by atoms with Gasteiger partial charge in [0.05, 0.1) is 0 Å². The molecular formula is C11H20N4OS. The molecule has 0 bridgehead atoms. The molecule has 5 nitrogen and oxygen atoms in total. The van der Waals surface area contributed by atoms with Gasteiger partial charge in [-0.05, 0) is 20.3 Å². The van der Waals surface area contributed by atoms with Gasteiger partial charge >= 0.3 is 0 Å². The van der Waals surface area contributed by atoms with E-state index in [-0.39, 0.29) is 5.91 Å². The van der Waals surface area contributed by atoms with Gasteiger partial charge in [-0.25, -0.2) is 4.98 Å². The molecule has 96 valence electrons. The Hall–Kier alpha value is -1.30. The van der Waals surface area contributed by atoms with Crippen LogP contribution >= 0.6 is 11.3 Å². The Balaban J connectivity index is 2.83. The first-order valence-electron chi connectivity index (χ1n) is 5.93. The third-order valence-electron chi connectivity index (χ3n) is 2.42. The predicted molar refractivity (Wildman–Crippen MR) is 72.6 cm³/mol. The van der Waals surface area contributed by atoms with E-state index in [9.17, 15) is 4.79 Å². The zero-order chi connectivity index (χ0) is 12.8. The SMILES string of the molecule is CCCNc1nc(N)c(C(=O)N(CC)CC)s1. The summed E-state index contributed by atoms with van der Waals surface area (Å²) >= 11 is 1.33. The van der Waals surface area contributed by atoms with Crippen LogP contribution < -0.4 is 11.1 Å². The molecule has 0 atom stereocenters. The third kappa shape index (κ3) is 3.33. The molecule has 1 aromatic heterocycles. The number of nitrogens with zero attached hydrogens (tertiary/aromatic N) is 2. The van der Waals surface area contributed by atoms with Crippen LogP contribution in [0.3, 0.4) is 0 Å². The largest absolute Gasteiger partial charge is 0.382 e. The summed E-state index contributed by atoms with van der Waals surface area (Å²) in [6.07, 6.45) is 1.01. The van der Waals surface area contributed by atoms with Crippen molar-refractivity contribution in [1.29, 1.82) is 0 Å². The maximum atomic E-state index is 12.1. The van der Waals surface area contributed by atoms with Crippen LogP contribution in [-0.2, 0) is 0 Å². The third-order valence-corrected chi connectivity index (χ3v) is 3.44. The van der Waals surface area contributed by atoms with Crippen LogP contribution in [0.5, 0.6) is 0 Å². The number of amides is 1. The smallest absolute Gasteiger partial charge is 0.267 e. The van der Waals surface area contributed by atoms with Gasteiger partial charge in [0.1, 0.15) is 10.7 Å². The monoisotopic (exact) mass is 256 g/mol. The highest BCUT2D eigenvalue weighted by Crippen LogP contribution is 2.26. The van der Waals surface area contributed by atoms with Crippen LogP contribution in [0.4, 0.5) is 10.9 Å². The summed E-state index contributed by atoms with van der Waals surface area (Å²) in [5.41, 5.74) is 5.77. The zero-order valence-electron chi connectivity index (χ0n) is 10.6. The zero-order valence-corrected chi connectivity index (χ0v) is 11.4. The Kier molecular flexibility index (Phi) is 5.21. The van der Waals surface area contributed by atoms with Crippen molar-refractivity contribution in [1.82, 2.24) is 9.88 Å². The normalized spacial score (nSPS) is 10.3. The first-order valence-corrected chi connectivity index (χ1v) is 6.75. The minimum Gasteiger partial charge on any atom is -0.382 e. The molecule has 0 fully saturated rings. The number of rotatable bonds is 6. The number of hydrogen-bond acceptors (Lipinski definition) is 5. The first kappa shape index (κ1) is 13.8. The van der Waals surface area contributed by atoms with Gasteiger partial charge in [0.25, 0.3) is 5.91 Å². The van der Waals surface area contributed by atoms with E-state index < -0.39 is 0 Å². The second-order valence-electron chi connectivity index (χ2n) is 3.64. The van der Waals surface area contributed by atoms with Crippen molar-refractivity contribution in [2.75, 3.05) is 30.7 Å². The minimum atomic E-state index is -0.0328. The lowest BCUT2D eigenvalue weighted by Gasteiger charge is -2.17. The highest BCUT2D eigenvalue weighted by molar-refractivity contribution is 7.18. The summed E-state index contributed by atoms with van der Waals surface area (Å²) in [6, 6.07) is 0. The summed E-state index contributed by atoms with van der Waals surface area (Å²) in [5, 5.41) is 3.86. The molecule has 0 saturated carbocycles. The maximum absolute atomic E-state index is 12.1. The minimum absolute atomic E-state index is 0.0328. The quantitative estimate of drug-likeness (QED) is 0.817. The lowest BCUT2D eigenvalue weighted by molar-refractivity contribution is 0.0778. The van der Waals surface area contributed by atoms with Crippen LogP contribution in [-0.4, -0.2) is 35.4 Å². The molecule has 1 amide bonds. The molecule has 0 saturated heterocycles.